The smallest absolute Gasteiger partial charge is 0.251 e. The van der Waals surface area contributed by atoms with E-state index in [-0.39, 0.29) is 18.0 Å². The number of hydrogen-bond acceptors (Lipinski definition) is 4. The zero-order valence-corrected chi connectivity index (χ0v) is 19.2. The lowest BCUT2D eigenvalue weighted by molar-refractivity contribution is 0.0937. The van der Waals surface area contributed by atoms with Crippen molar-refractivity contribution in [2.45, 2.75) is 32.1 Å². The summed E-state index contributed by atoms with van der Waals surface area (Å²) in [6.45, 7) is 3.51. The molecule has 3 aromatic carbocycles. The van der Waals surface area contributed by atoms with E-state index in [4.69, 9.17) is 10.00 Å². The maximum atomic E-state index is 13.1. The number of carbonyl (C=O) groups excluding carboxylic acids is 1. The van der Waals surface area contributed by atoms with E-state index in [2.05, 4.69) is 16.3 Å². The highest BCUT2D eigenvalue weighted by atomic mass is 19.1. The van der Waals surface area contributed by atoms with Gasteiger partial charge in [-0.15, -0.1) is 0 Å². The van der Waals surface area contributed by atoms with Crippen molar-refractivity contribution in [1.29, 1.82) is 5.26 Å². The van der Waals surface area contributed by atoms with Crippen molar-refractivity contribution in [3.63, 3.8) is 0 Å². The fourth-order valence-corrected chi connectivity index (χ4v) is 4.42. The number of hydrogen-bond donors (Lipinski definition) is 1. The fourth-order valence-electron chi connectivity index (χ4n) is 4.42. The van der Waals surface area contributed by atoms with Gasteiger partial charge in [-0.25, -0.2) is 4.39 Å². The van der Waals surface area contributed by atoms with Gasteiger partial charge in [-0.05, 0) is 66.4 Å². The third-order valence-corrected chi connectivity index (χ3v) is 6.15. The molecule has 1 aliphatic rings. The quantitative estimate of drug-likeness (QED) is 0.516. The monoisotopic (exact) mass is 457 g/mol. The molecule has 0 aromatic heterocycles. The Labute approximate surface area is 199 Å². The maximum Gasteiger partial charge on any atom is 0.251 e. The molecular weight excluding hydrogens is 429 g/mol. The molecule has 3 aromatic rings. The highest BCUT2D eigenvalue weighted by molar-refractivity contribution is 5.94. The van der Waals surface area contributed by atoms with Gasteiger partial charge in [0.1, 0.15) is 12.4 Å². The first kappa shape index (κ1) is 23.5. The van der Waals surface area contributed by atoms with Crippen LogP contribution in [0.4, 0.5) is 4.39 Å². The third-order valence-electron chi connectivity index (χ3n) is 6.15. The second-order valence-corrected chi connectivity index (χ2v) is 8.42. The van der Waals surface area contributed by atoms with Gasteiger partial charge in [0.15, 0.2) is 0 Å². The molecule has 0 spiro atoms. The Balaban J connectivity index is 1.49. The summed E-state index contributed by atoms with van der Waals surface area (Å²) in [5.74, 6) is 0.646. The van der Waals surface area contributed by atoms with E-state index in [1.165, 1.54) is 0 Å². The van der Waals surface area contributed by atoms with Gasteiger partial charge in [0.2, 0.25) is 0 Å². The van der Waals surface area contributed by atoms with E-state index in [0.29, 0.717) is 29.8 Å². The summed E-state index contributed by atoms with van der Waals surface area (Å²) in [5.41, 5.74) is 3.97. The average molecular weight is 458 g/mol. The van der Waals surface area contributed by atoms with E-state index >= 15 is 0 Å². The molecule has 1 amide bonds. The number of likely N-dealkylation sites (tertiary alicyclic amines) is 1. The summed E-state index contributed by atoms with van der Waals surface area (Å²) in [7, 11) is 0. The zero-order valence-electron chi connectivity index (χ0n) is 19.2. The van der Waals surface area contributed by atoms with Gasteiger partial charge in [-0.2, -0.15) is 5.26 Å². The van der Waals surface area contributed by atoms with Crippen LogP contribution in [0.3, 0.4) is 0 Å². The molecule has 0 radical (unpaired) electrons. The van der Waals surface area contributed by atoms with Crippen molar-refractivity contribution in [2.75, 3.05) is 19.7 Å². The highest BCUT2D eigenvalue weighted by Crippen LogP contribution is 2.32. The van der Waals surface area contributed by atoms with Crippen molar-refractivity contribution in [1.82, 2.24) is 10.2 Å². The number of rotatable bonds is 8. The van der Waals surface area contributed by atoms with Crippen LogP contribution in [0.25, 0.3) is 0 Å². The van der Waals surface area contributed by atoms with E-state index < -0.39 is 6.67 Å². The lowest BCUT2D eigenvalue weighted by atomic mass is 9.95. The van der Waals surface area contributed by atoms with Crippen LogP contribution in [0.1, 0.15) is 52.0 Å². The molecule has 1 heterocycles. The molecule has 1 fully saturated rings. The first-order valence-electron chi connectivity index (χ1n) is 11.5. The summed E-state index contributed by atoms with van der Waals surface area (Å²) in [5, 5.41) is 12.3. The maximum absolute atomic E-state index is 13.1. The minimum Gasteiger partial charge on any atom is -0.494 e. The van der Waals surface area contributed by atoms with Crippen molar-refractivity contribution in [3.8, 4) is 11.8 Å². The number of nitriles is 1. The Kier molecular flexibility index (Phi) is 7.56. The SMILES string of the molecule is CCOc1ccc(C(=O)N[C@@H]2CCN(C(c3ccc(C#N)cc3)c3ccc(CF)cc3)C2)cc1. The summed E-state index contributed by atoms with van der Waals surface area (Å²) in [4.78, 5) is 15.1. The predicted molar refractivity (Wildman–Crippen MR) is 129 cm³/mol. The van der Waals surface area contributed by atoms with Gasteiger partial charge in [-0.3, -0.25) is 9.69 Å². The number of carbonyl (C=O) groups is 1. The number of alkyl halides is 1. The molecule has 0 saturated carbocycles. The minimum atomic E-state index is -0.495. The molecule has 6 heteroatoms. The second-order valence-electron chi connectivity index (χ2n) is 8.42. The molecule has 4 rings (SSSR count). The Bertz CT molecular complexity index is 1140. The third kappa shape index (κ3) is 5.44. The molecule has 1 saturated heterocycles. The number of nitrogens with zero attached hydrogens (tertiary/aromatic N) is 2. The number of ether oxygens (including phenoxy) is 1. The van der Waals surface area contributed by atoms with Crippen molar-refractivity contribution in [2.24, 2.45) is 0 Å². The molecule has 5 nitrogen and oxygen atoms in total. The summed E-state index contributed by atoms with van der Waals surface area (Å²) in [6, 6.07) is 24.4. The highest BCUT2D eigenvalue weighted by Gasteiger charge is 2.31. The van der Waals surface area contributed by atoms with Gasteiger partial charge in [0.05, 0.1) is 24.3 Å². The Morgan fingerprint density at radius 2 is 1.74 bits per heavy atom. The van der Waals surface area contributed by atoms with Crippen LogP contribution in [0.15, 0.2) is 72.8 Å². The van der Waals surface area contributed by atoms with E-state index in [1.807, 2.05) is 55.5 Å². The van der Waals surface area contributed by atoms with Gasteiger partial charge in [-0.1, -0.05) is 36.4 Å². The molecule has 34 heavy (non-hydrogen) atoms. The molecule has 174 valence electrons. The Morgan fingerprint density at radius 3 is 2.32 bits per heavy atom. The van der Waals surface area contributed by atoms with E-state index in [9.17, 15) is 9.18 Å². The van der Waals surface area contributed by atoms with Crippen LogP contribution in [0.5, 0.6) is 5.75 Å². The largest absolute Gasteiger partial charge is 0.494 e. The van der Waals surface area contributed by atoms with Crippen LogP contribution in [-0.2, 0) is 6.67 Å². The summed E-state index contributed by atoms with van der Waals surface area (Å²) in [6.07, 6.45) is 0.831. The lowest BCUT2D eigenvalue weighted by Gasteiger charge is -2.29. The van der Waals surface area contributed by atoms with Crippen LogP contribution < -0.4 is 10.1 Å². The summed E-state index contributed by atoms with van der Waals surface area (Å²) >= 11 is 0. The van der Waals surface area contributed by atoms with Crippen LogP contribution >= 0.6 is 0 Å². The Hall–Kier alpha value is -3.69. The Morgan fingerprint density at radius 1 is 1.09 bits per heavy atom. The molecule has 1 aliphatic heterocycles. The van der Waals surface area contributed by atoms with Gasteiger partial charge in [0.25, 0.3) is 5.91 Å². The average Bonchev–Trinajstić information content (AvgIpc) is 3.33. The number of nitrogens with one attached hydrogen (secondary N) is 1. The molecule has 0 aliphatic carbocycles. The minimum absolute atomic E-state index is 0.0186. The topological polar surface area (TPSA) is 65.4 Å². The fraction of sp³-hybridized carbons (Fsp3) is 0.286. The predicted octanol–water partition coefficient (Wildman–Crippen LogP) is 5.02. The van der Waals surface area contributed by atoms with E-state index in [0.717, 1.165) is 29.8 Å². The van der Waals surface area contributed by atoms with Crippen LogP contribution in [-0.4, -0.2) is 36.5 Å². The molecule has 1 N–H and O–H groups in total. The number of halogens is 1. The second kappa shape index (κ2) is 11.0. The van der Waals surface area contributed by atoms with E-state index in [1.54, 1.807) is 24.3 Å². The normalized spacial score (nSPS) is 16.6. The van der Waals surface area contributed by atoms with Crippen LogP contribution in [0.2, 0.25) is 0 Å². The van der Waals surface area contributed by atoms with Crippen molar-refractivity contribution < 1.29 is 13.9 Å². The van der Waals surface area contributed by atoms with Crippen LogP contribution in [0, 0.1) is 11.3 Å². The van der Waals surface area contributed by atoms with Gasteiger partial charge >= 0.3 is 0 Å². The first-order valence-corrected chi connectivity index (χ1v) is 11.5. The zero-order chi connectivity index (χ0) is 23.9. The van der Waals surface area contributed by atoms with Gasteiger partial charge < -0.3 is 10.1 Å². The van der Waals surface area contributed by atoms with Crippen molar-refractivity contribution in [3.05, 3.63) is 101 Å². The molecule has 2 atom stereocenters. The molecule has 1 unspecified atom stereocenters. The molecular formula is C28H28FN3O2. The lowest BCUT2D eigenvalue weighted by Crippen LogP contribution is -2.38. The summed E-state index contributed by atoms with van der Waals surface area (Å²) < 4.78 is 18.5. The standard InChI is InChI=1S/C28H28FN3O2/c1-2-34-26-13-11-24(12-14-26)28(33)31-25-15-16-32(19-25)27(22-7-3-20(17-29)4-8-22)23-9-5-21(18-30)6-10-23/h3-14,25,27H,2,15-17,19H2,1H3,(H,31,33)/t25-,27?/m1/s1. The first-order chi connectivity index (χ1) is 16.6. The van der Waals surface area contributed by atoms with Crippen molar-refractivity contribution >= 4 is 5.91 Å². The van der Waals surface area contributed by atoms with Gasteiger partial charge in [0, 0.05) is 24.7 Å². The number of amides is 1. The number of benzene rings is 3. The molecule has 0 bridgehead atoms.